The summed E-state index contributed by atoms with van der Waals surface area (Å²) in [6.07, 6.45) is 2.33. The average molecular weight is 237 g/mol. The van der Waals surface area contributed by atoms with Gasteiger partial charge in [-0.25, -0.2) is 0 Å². The lowest BCUT2D eigenvalue weighted by atomic mass is 10.1. The summed E-state index contributed by atoms with van der Waals surface area (Å²) in [6, 6.07) is -0.406. The van der Waals surface area contributed by atoms with Crippen LogP contribution in [0.5, 0.6) is 0 Å². The van der Waals surface area contributed by atoms with E-state index in [9.17, 15) is 4.79 Å². The van der Waals surface area contributed by atoms with E-state index in [1.54, 1.807) is 0 Å². The zero-order valence-corrected chi connectivity index (χ0v) is 10.2. The number of carbonyl (C=O) groups excluding carboxylic acids is 1. The van der Waals surface area contributed by atoms with E-state index in [0.717, 1.165) is 19.4 Å². The first-order valence-electron chi connectivity index (χ1n) is 5.26. The van der Waals surface area contributed by atoms with Crippen molar-refractivity contribution < 1.29 is 9.53 Å². The molecule has 90 valence electrons. The van der Waals surface area contributed by atoms with Crippen molar-refractivity contribution in [2.75, 3.05) is 13.2 Å². The molecule has 0 aliphatic carbocycles. The lowest BCUT2D eigenvalue weighted by Crippen LogP contribution is -2.46. The molecule has 1 rings (SSSR count). The maximum Gasteiger partial charge on any atom is 0.237 e. The van der Waals surface area contributed by atoms with Crippen LogP contribution in [0.15, 0.2) is 0 Å². The Labute approximate surface area is 97.3 Å². The maximum absolute atomic E-state index is 11.4. The molecule has 5 heteroatoms. The Morgan fingerprint density at radius 1 is 1.60 bits per heavy atom. The summed E-state index contributed by atoms with van der Waals surface area (Å²) in [7, 11) is 0. The van der Waals surface area contributed by atoms with Crippen LogP contribution in [-0.2, 0) is 9.53 Å². The van der Waals surface area contributed by atoms with Gasteiger partial charge >= 0.3 is 0 Å². The number of nitrogens with two attached hydrogens (primary N) is 1. The molecular formula is C10H21ClN2O2. The van der Waals surface area contributed by atoms with Crippen molar-refractivity contribution in [3.8, 4) is 0 Å². The zero-order valence-electron chi connectivity index (χ0n) is 9.36. The maximum atomic E-state index is 11.4. The number of hydrogen-bond acceptors (Lipinski definition) is 3. The predicted molar refractivity (Wildman–Crippen MR) is 62.0 cm³/mol. The van der Waals surface area contributed by atoms with Gasteiger partial charge in [-0.2, -0.15) is 0 Å². The second-order valence-electron chi connectivity index (χ2n) is 4.15. The number of rotatable bonds is 4. The Morgan fingerprint density at radius 3 is 2.73 bits per heavy atom. The summed E-state index contributed by atoms with van der Waals surface area (Å²) in [6.45, 7) is 5.29. The van der Waals surface area contributed by atoms with Crippen molar-refractivity contribution >= 4 is 18.3 Å². The molecule has 1 aliphatic heterocycles. The highest BCUT2D eigenvalue weighted by molar-refractivity contribution is 5.85. The minimum absolute atomic E-state index is 0. The summed E-state index contributed by atoms with van der Waals surface area (Å²) in [5.41, 5.74) is 5.69. The van der Waals surface area contributed by atoms with E-state index in [2.05, 4.69) is 5.32 Å². The van der Waals surface area contributed by atoms with Crippen LogP contribution in [0, 0.1) is 5.92 Å². The Bertz CT molecular complexity index is 194. The van der Waals surface area contributed by atoms with Gasteiger partial charge < -0.3 is 15.8 Å². The van der Waals surface area contributed by atoms with Gasteiger partial charge in [0.05, 0.1) is 12.1 Å². The van der Waals surface area contributed by atoms with Crippen molar-refractivity contribution in [1.29, 1.82) is 0 Å². The molecule has 0 aromatic carbocycles. The van der Waals surface area contributed by atoms with Crippen LogP contribution in [0.25, 0.3) is 0 Å². The van der Waals surface area contributed by atoms with Crippen LogP contribution in [-0.4, -0.2) is 31.2 Å². The molecule has 1 amide bonds. The lowest BCUT2D eigenvalue weighted by Gasteiger charge is -2.17. The monoisotopic (exact) mass is 236 g/mol. The second-order valence-corrected chi connectivity index (χ2v) is 4.15. The Hall–Kier alpha value is -0.320. The van der Waals surface area contributed by atoms with Gasteiger partial charge in [-0.3, -0.25) is 4.79 Å². The minimum atomic E-state index is -0.406. The van der Waals surface area contributed by atoms with Crippen LogP contribution in [0.4, 0.5) is 0 Å². The molecule has 0 saturated carbocycles. The molecule has 0 aromatic heterocycles. The minimum Gasteiger partial charge on any atom is -0.376 e. The van der Waals surface area contributed by atoms with Crippen LogP contribution in [0.1, 0.15) is 26.7 Å². The van der Waals surface area contributed by atoms with Crippen molar-refractivity contribution in [3.05, 3.63) is 0 Å². The molecule has 15 heavy (non-hydrogen) atoms. The Morgan fingerprint density at radius 2 is 2.27 bits per heavy atom. The first kappa shape index (κ1) is 14.7. The molecule has 0 spiro atoms. The van der Waals surface area contributed by atoms with E-state index in [0.29, 0.717) is 6.54 Å². The molecule has 1 aliphatic rings. The van der Waals surface area contributed by atoms with Crippen LogP contribution < -0.4 is 11.1 Å². The zero-order chi connectivity index (χ0) is 10.6. The normalized spacial score (nSPS) is 22.3. The summed E-state index contributed by atoms with van der Waals surface area (Å²) in [5, 5.41) is 2.82. The average Bonchev–Trinajstić information content (AvgIpc) is 2.65. The Kier molecular flexibility index (Phi) is 6.89. The van der Waals surface area contributed by atoms with E-state index in [4.69, 9.17) is 10.5 Å². The summed E-state index contributed by atoms with van der Waals surface area (Å²) in [5.74, 6) is 0.106. The van der Waals surface area contributed by atoms with E-state index >= 15 is 0 Å². The van der Waals surface area contributed by atoms with Gasteiger partial charge in [-0.15, -0.1) is 12.4 Å². The number of amides is 1. The highest BCUT2D eigenvalue weighted by atomic mass is 35.5. The van der Waals surface area contributed by atoms with Gasteiger partial charge in [-0.05, 0) is 18.8 Å². The number of halogens is 1. The van der Waals surface area contributed by atoms with E-state index in [1.165, 1.54) is 0 Å². The smallest absolute Gasteiger partial charge is 0.237 e. The van der Waals surface area contributed by atoms with Crippen molar-refractivity contribution in [2.45, 2.75) is 38.8 Å². The standard InChI is InChI=1S/C10H20N2O2.ClH/c1-7(2)9(11)10(13)12-6-8-4-3-5-14-8;/h7-9H,3-6,11H2,1-2H3,(H,12,13);1H. The third kappa shape index (κ3) is 4.82. The van der Waals surface area contributed by atoms with Crippen LogP contribution in [0.2, 0.25) is 0 Å². The molecule has 1 heterocycles. The van der Waals surface area contributed by atoms with Crippen molar-refractivity contribution in [2.24, 2.45) is 11.7 Å². The molecule has 0 aromatic rings. The van der Waals surface area contributed by atoms with Gasteiger partial charge in [0, 0.05) is 13.2 Å². The lowest BCUT2D eigenvalue weighted by molar-refractivity contribution is -0.123. The van der Waals surface area contributed by atoms with E-state index < -0.39 is 6.04 Å². The van der Waals surface area contributed by atoms with Gasteiger partial charge in [0.1, 0.15) is 0 Å². The van der Waals surface area contributed by atoms with Crippen LogP contribution in [0.3, 0.4) is 0 Å². The molecule has 2 atom stereocenters. The van der Waals surface area contributed by atoms with Crippen LogP contribution >= 0.6 is 12.4 Å². The van der Waals surface area contributed by atoms with Gasteiger partial charge in [0.25, 0.3) is 0 Å². The third-order valence-corrected chi connectivity index (χ3v) is 2.55. The largest absolute Gasteiger partial charge is 0.376 e. The van der Waals surface area contributed by atoms with Crippen molar-refractivity contribution in [3.63, 3.8) is 0 Å². The predicted octanol–water partition coefficient (Wildman–Crippen LogP) is 0.687. The fourth-order valence-corrected chi connectivity index (χ4v) is 1.44. The van der Waals surface area contributed by atoms with Gasteiger partial charge in [0.2, 0.25) is 5.91 Å². The fraction of sp³-hybridized carbons (Fsp3) is 0.900. The van der Waals surface area contributed by atoms with Crippen molar-refractivity contribution in [1.82, 2.24) is 5.32 Å². The summed E-state index contributed by atoms with van der Waals surface area (Å²) < 4.78 is 5.39. The highest BCUT2D eigenvalue weighted by Gasteiger charge is 2.20. The van der Waals surface area contributed by atoms with Gasteiger partial charge in [0.15, 0.2) is 0 Å². The second kappa shape index (κ2) is 7.04. The van der Waals surface area contributed by atoms with E-state index in [-0.39, 0.29) is 30.3 Å². The molecule has 1 saturated heterocycles. The SMILES string of the molecule is CC(C)C(N)C(=O)NCC1CCCO1.Cl. The summed E-state index contributed by atoms with van der Waals surface area (Å²) >= 11 is 0. The van der Waals surface area contributed by atoms with E-state index in [1.807, 2.05) is 13.8 Å². The molecule has 0 bridgehead atoms. The molecule has 1 fully saturated rings. The first-order valence-corrected chi connectivity index (χ1v) is 5.26. The molecular weight excluding hydrogens is 216 g/mol. The molecule has 0 radical (unpaired) electrons. The Balaban J connectivity index is 0.00000196. The topological polar surface area (TPSA) is 64.4 Å². The molecule has 2 unspecified atom stereocenters. The molecule has 3 N–H and O–H groups in total. The number of carbonyl (C=O) groups is 1. The number of ether oxygens (including phenoxy) is 1. The summed E-state index contributed by atoms with van der Waals surface area (Å²) in [4.78, 5) is 11.4. The van der Waals surface area contributed by atoms with Gasteiger partial charge in [-0.1, -0.05) is 13.8 Å². The molecule has 4 nitrogen and oxygen atoms in total. The number of nitrogens with one attached hydrogen (secondary N) is 1. The quantitative estimate of drug-likeness (QED) is 0.755. The fourth-order valence-electron chi connectivity index (χ4n) is 1.44. The number of hydrogen-bond donors (Lipinski definition) is 2. The third-order valence-electron chi connectivity index (χ3n) is 2.55. The highest BCUT2D eigenvalue weighted by Crippen LogP contribution is 2.10. The first-order chi connectivity index (χ1) is 6.61.